The summed E-state index contributed by atoms with van der Waals surface area (Å²) in [5.41, 5.74) is 0.0402. The maximum atomic E-state index is 12.5. The molecule has 1 aliphatic heterocycles. The molecule has 0 aromatic heterocycles. The SMILES string of the molecule is C[C@@H]1CCC[C@H](C)N1C(=O)COC(=O)c1cccc(NC(=O)OC(C)(C)C)c1. The number of carbonyl (C=O) groups excluding carboxylic acids is 3. The first-order valence-electron chi connectivity index (χ1n) is 9.65. The molecular formula is C21H30N2O5. The molecule has 1 aromatic carbocycles. The first kappa shape index (κ1) is 21.7. The van der Waals surface area contributed by atoms with E-state index in [4.69, 9.17) is 9.47 Å². The highest BCUT2D eigenvalue weighted by Crippen LogP contribution is 2.22. The van der Waals surface area contributed by atoms with Gasteiger partial charge in [0.1, 0.15) is 5.60 Å². The summed E-state index contributed by atoms with van der Waals surface area (Å²) >= 11 is 0. The van der Waals surface area contributed by atoms with Crippen LogP contribution < -0.4 is 5.32 Å². The summed E-state index contributed by atoms with van der Waals surface area (Å²) in [5, 5.41) is 2.58. The molecule has 28 heavy (non-hydrogen) atoms. The predicted molar refractivity (Wildman–Crippen MR) is 106 cm³/mol. The van der Waals surface area contributed by atoms with Gasteiger partial charge in [-0.25, -0.2) is 9.59 Å². The molecule has 2 atom stereocenters. The molecule has 1 saturated heterocycles. The lowest BCUT2D eigenvalue weighted by atomic mass is 9.97. The summed E-state index contributed by atoms with van der Waals surface area (Å²) in [6, 6.07) is 6.62. The molecule has 1 heterocycles. The van der Waals surface area contributed by atoms with Gasteiger partial charge in [0, 0.05) is 17.8 Å². The van der Waals surface area contributed by atoms with Crippen molar-refractivity contribution >= 4 is 23.7 Å². The molecule has 1 aromatic rings. The van der Waals surface area contributed by atoms with Crippen molar-refractivity contribution in [1.82, 2.24) is 4.90 Å². The van der Waals surface area contributed by atoms with Crippen LogP contribution in [0.25, 0.3) is 0 Å². The van der Waals surface area contributed by atoms with E-state index in [-0.39, 0.29) is 30.2 Å². The number of hydrogen-bond acceptors (Lipinski definition) is 5. The van der Waals surface area contributed by atoms with E-state index < -0.39 is 17.7 Å². The number of benzene rings is 1. The Hall–Kier alpha value is -2.57. The zero-order chi connectivity index (χ0) is 20.9. The van der Waals surface area contributed by atoms with Gasteiger partial charge in [0.15, 0.2) is 6.61 Å². The fourth-order valence-electron chi connectivity index (χ4n) is 3.34. The Balaban J connectivity index is 1.93. The van der Waals surface area contributed by atoms with E-state index in [9.17, 15) is 14.4 Å². The number of nitrogens with one attached hydrogen (secondary N) is 1. The van der Waals surface area contributed by atoms with Crippen LogP contribution in [0.4, 0.5) is 10.5 Å². The topological polar surface area (TPSA) is 84.9 Å². The van der Waals surface area contributed by atoms with E-state index in [1.807, 2.05) is 13.8 Å². The second-order valence-corrected chi connectivity index (χ2v) is 8.21. The molecule has 7 heteroatoms. The minimum atomic E-state index is -0.621. The molecule has 1 fully saturated rings. The number of rotatable bonds is 4. The van der Waals surface area contributed by atoms with Crippen molar-refractivity contribution in [1.29, 1.82) is 0 Å². The number of likely N-dealkylation sites (tertiary alicyclic amines) is 1. The van der Waals surface area contributed by atoms with E-state index in [0.29, 0.717) is 5.69 Å². The Morgan fingerprint density at radius 2 is 1.79 bits per heavy atom. The second-order valence-electron chi connectivity index (χ2n) is 8.21. The molecule has 1 N–H and O–H groups in total. The maximum absolute atomic E-state index is 12.5. The maximum Gasteiger partial charge on any atom is 0.412 e. The number of amides is 2. The lowest BCUT2D eigenvalue weighted by Crippen LogP contribution is -2.49. The van der Waals surface area contributed by atoms with Gasteiger partial charge in [-0.1, -0.05) is 6.07 Å². The number of ether oxygens (including phenoxy) is 2. The van der Waals surface area contributed by atoms with Gasteiger partial charge in [-0.15, -0.1) is 0 Å². The molecule has 0 saturated carbocycles. The third-order valence-electron chi connectivity index (χ3n) is 4.55. The summed E-state index contributed by atoms with van der Waals surface area (Å²) in [7, 11) is 0. The first-order chi connectivity index (χ1) is 13.1. The minimum Gasteiger partial charge on any atom is -0.452 e. The molecule has 7 nitrogen and oxygen atoms in total. The highest BCUT2D eigenvalue weighted by atomic mass is 16.6. The summed E-state index contributed by atoms with van der Waals surface area (Å²) in [6.07, 6.45) is 2.41. The number of anilines is 1. The van der Waals surface area contributed by atoms with Crippen LogP contribution in [0.3, 0.4) is 0 Å². The van der Waals surface area contributed by atoms with Crippen molar-refractivity contribution in [3.63, 3.8) is 0 Å². The fraction of sp³-hybridized carbons (Fsp3) is 0.571. The molecule has 0 unspecified atom stereocenters. The zero-order valence-corrected chi connectivity index (χ0v) is 17.3. The average molecular weight is 390 g/mol. The van der Waals surface area contributed by atoms with Gasteiger partial charge in [0.2, 0.25) is 0 Å². The van der Waals surface area contributed by atoms with E-state index in [1.165, 1.54) is 6.07 Å². The van der Waals surface area contributed by atoms with Gasteiger partial charge in [0.25, 0.3) is 5.91 Å². The Labute approximate surface area is 166 Å². The van der Waals surface area contributed by atoms with Crippen LogP contribution in [0.5, 0.6) is 0 Å². The average Bonchev–Trinajstić information content (AvgIpc) is 2.58. The highest BCUT2D eigenvalue weighted by Gasteiger charge is 2.29. The number of nitrogens with zero attached hydrogens (tertiary/aromatic N) is 1. The Kier molecular flexibility index (Phi) is 7.05. The van der Waals surface area contributed by atoms with Crippen LogP contribution in [0.15, 0.2) is 24.3 Å². The molecule has 0 bridgehead atoms. The van der Waals surface area contributed by atoms with Crippen molar-refractivity contribution in [2.45, 2.75) is 71.6 Å². The van der Waals surface area contributed by atoms with Gasteiger partial charge in [-0.3, -0.25) is 10.1 Å². The molecular weight excluding hydrogens is 360 g/mol. The zero-order valence-electron chi connectivity index (χ0n) is 17.3. The van der Waals surface area contributed by atoms with Gasteiger partial charge in [0.05, 0.1) is 5.56 Å². The molecule has 0 spiro atoms. The van der Waals surface area contributed by atoms with Crippen molar-refractivity contribution in [2.75, 3.05) is 11.9 Å². The van der Waals surface area contributed by atoms with E-state index in [1.54, 1.807) is 43.9 Å². The number of esters is 1. The van der Waals surface area contributed by atoms with Crippen LogP contribution in [-0.4, -0.2) is 47.2 Å². The lowest BCUT2D eigenvalue weighted by Gasteiger charge is -2.38. The smallest absolute Gasteiger partial charge is 0.412 e. The van der Waals surface area contributed by atoms with Crippen LogP contribution in [0.2, 0.25) is 0 Å². The lowest BCUT2D eigenvalue weighted by molar-refractivity contribution is -0.140. The second kappa shape index (κ2) is 9.08. The normalized spacial score (nSPS) is 19.7. The molecule has 0 radical (unpaired) electrons. The van der Waals surface area contributed by atoms with Gasteiger partial charge >= 0.3 is 12.1 Å². The third kappa shape index (κ3) is 6.25. The van der Waals surface area contributed by atoms with E-state index >= 15 is 0 Å². The summed E-state index contributed by atoms with van der Waals surface area (Å²) in [6.45, 7) is 9.03. The molecule has 154 valence electrons. The van der Waals surface area contributed by atoms with Crippen LogP contribution >= 0.6 is 0 Å². The van der Waals surface area contributed by atoms with Crippen molar-refractivity contribution in [3.8, 4) is 0 Å². The standard InChI is InChI=1S/C21H30N2O5/c1-14-8-6-9-15(2)23(14)18(24)13-27-19(25)16-10-7-11-17(12-16)22-20(26)28-21(3,4)5/h7,10-12,14-15H,6,8-9,13H2,1-5H3,(H,22,26)/t14-,15+. The van der Waals surface area contributed by atoms with Gasteiger partial charge in [-0.2, -0.15) is 0 Å². The Bertz CT molecular complexity index is 716. The predicted octanol–water partition coefficient (Wildman–Crippen LogP) is 3.98. The van der Waals surface area contributed by atoms with E-state index in [0.717, 1.165) is 19.3 Å². The quantitative estimate of drug-likeness (QED) is 0.786. The van der Waals surface area contributed by atoms with Crippen molar-refractivity contribution in [2.24, 2.45) is 0 Å². The van der Waals surface area contributed by atoms with Crippen molar-refractivity contribution < 1.29 is 23.9 Å². The van der Waals surface area contributed by atoms with Gasteiger partial charge < -0.3 is 14.4 Å². The Morgan fingerprint density at radius 1 is 1.14 bits per heavy atom. The van der Waals surface area contributed by atoms with Crippen molar-refractivity contribution in [3.05, 3.63) is 29.8 Å². The largest absolute Gasteiger partial charge is 0.452 e. The number of piperidine rings is 1. The number of carbonyl (C=O) groups is 3. The number of hydrogen-bond donors (Lipinski definition) is 1. The summed E-state index contributed by atoms with van der Waals surface area (Å²) < 4.78 is 10.4. The summed E-state index contributed by atoms with van der Waals surface area (Å²) in [4.78, 5) is 38.5. The van der Waals surface area contributed by atoms with Crippen LogP contribution in [0.1, 0.15) is 64.2 Å². The fourth-order valence-corrected chi connectivity index (χ4v) is 3.34. The molecule has 2 amide bonds. The minimum absolute atomic E-state index is 0.149. The third-order valence-corrected chi connectivity index (χ3v) is 4.55. The molecule has 1 aliphatic rings. The Morgan fingerprint density at radius 3 is 2.39 bits per heavy atom. The van der Waals surface area contributed by atoms with E-state index in [2.05, 4.69) is 5.32 Å². The highest BCUT2D eigenvalue weighted by molar-refractivity contribution is 5.94. The van der Waals surface area contributed by atoms with Gasteiger partial charge in [-0.05, 0) is 72.1 Å². The molecule has 0 aliphatic carbocycles. The van der Waals surface area contributed by atoms with Crippen LogP contribution in [-0.2, 0) is 14.3 Å². The summed E-state index contributed by atoms with van der Waals surface area (Å²) in [5.74, 6) is -0.797. The monoisotopic (exact) mass is 390 g/mol. The molecule has 2 rings (SSSR count). The first-order valence-corrected chi connectivity index (χ1v) is 9.65. The van der Waals surface area contributed by atoms with Crippen LogP contribution in [0, 0.1) is 0 Å².